The van der Waals surface area contributed by atoms with Crippen LogP contribution in [0.2, 0.25) is 0 Å². The first-order valence-corrected chi connectivity index (χ1v) is 7.28. The van der Waals surface area contributed by atoms with Crippen LogP contribution >= 0.6 is 11.8 Å². The Labute approximate surface area is 127 Å². The van der Waals surface area contributed by atoms with Crippen LogP contribution in [0.15, 0.2) is 52.3 Å². The van der Waals surface area contributed by atoms with Gasteiger partial charge in [-0.1, -0.05) is 17.8 Å². The normalized spacial score (nSPS) is 10.2. The van der Waals surface area contributed by atoms with Crippen LogP contribution in [0, 0.1) is 0 Å². The molecule has 0 aliphatic carbocycles. The van der Waals surface area contributed by atoms with E-state index in [0.29, 0.717) is 4.90 Å². The fourth-order valence-electron chi connectivity index (χ4n) is 1.75. The fourth-order valence-corrected chi connectivity index (χ4v) is 2.63. The molecule has 21 heavy (non-hydrogen) atoms. The summed E-state index contributed by atoms with van der Waals surface area (Å²) in [5, 5.41) is 10.2. The van der Waals surface area contributed by atoms with Crippen molar-refractivity contribution in [3.8, 4) is 11.5 Å². The molecule has 0 unspecified atom stereocenters. The smallest absolute Gasteiger partial charge is 0.341 e. The fraction of sp³-hybridized carbons (Fsp3) is 0.188. The number of ether oxygens (including phenoxy) is 2. The highest BCUT2D eigenvalue weighted by Crippen LogP contribution is 2.37. The van der Waals surface area contributed by atoms with Gasteiger partial charge >= 0.3 is 5.97 Å². The van der Waals surface area contributed by atoms with Gasteiger partial charge in [-0.25, -0.2) is 4.79 Å². The molecule has 0 saturated heterocycles. The summed E-state index contributed by atoms with van der Waals surface area (Å²) in [7, 11) is 1.61. The van der Waals surface area contributed by atoms with Gasteiger partial charge in [0.15, 0.2) is 0 Å². The van der Waals surface area contributed by atoms with Crippen molar-refractivity contribution < 1.29 is 19.4 Å². The Hall–Kier alpha value is -2.14. The maximum atomic E-state index is 11.7. The summed E-state index contributed by atoms with van der Waals surface area (Å²) < 4.78 is 10.0. The first-order chi connectivity index (χ1) is 10.2. The number of carbonyl (C=O) groups is 1. The Kier molecular flexibility index (Phi) is 5.11. The third-order valence-corrected chi connectivity index (χ3v) is 3.84. The van der Waals surface area contributed by atoms with E-state index in [9.17, 15) is 9.90 Å². The second-order valence-electron chi connectivity index (χ2n) is 4.15. The molecule has 5 heteroatoms. The van der Waals surface area contributed by atoms with Crippen molar-refractivity contribution in [1.29, 1.82) is 0 Å². The predicted octanol–water partition coefficient (Wildman–Crippen LogP) is 3.73. The minimum absolute atomic E-state index is 0.0585. The van der Waals surface area contributed by atoms with Gasteiger partial charge < -0.3 is 14.6 Å². The van der Waals surface area contributed by atoms with Gasteiger partial charge in [-0.2, -0.15) is 0 Å². The average molecular weight is 304 g/mol. The molecule has 0 atom stereocenters. The van der Waals surface area contributed by atoms with Crippen molar-refractivity contribution >= 4 is 17.7 Å². The van der Waals surface area contributed by atoms with Crippen molar-refractivity contribution in [3.63, 3.8) is 0 Å². The highest BCUT2D eigenvalue weighted by atomic mass is 32.2. The van der Waals surface area contributed by atoms with Crippen LogP contribution < -0.4 is 4.74 Å². The summed E-state index contributed by atoms with van der Waals surface area (Å²) in [4.78, 5) is 13.3. The van der Waals surface area contributed by atoms with Gasteiger partial charge in [0.1, 0.15) is 17.1 Å². The highest BCUT2D eigenvalue weighted by molar-refractivity contribution is 7.99. The van der Waals surface area contributed by atoms with Crippen LogP contribution in [0.4, 0.5) is 0 Å². The lowest BCUT2D eigenvalue weighted by Gasteiger charge is -2.09. The number of phenolic OH excluding ortho intramolecular Hbond substituents is 1. The topological polar surface area (TPSA) is 55.8 Å². The Morgan fingerprint density at radius 3 is 2.52 bits per heavy atom. The molecule has 1 N–H and O–H groups in total. The van der Waals surface area contributed by atoms with Crippen LogP contribution in [0.3, 0.4) is 0 Å². The summed E-state index contributed by atoms with van der Waals surface area (Å²) in [5.41, 5.74) is 0.176. The molecular weight excluding hydrogens is 288 g/mol. The molecule has 2 aromatic rings. The number of benzene rings is 2. The number of para-hydroxylation sites is 1. The molecule has 0 aliphatic rings. The molecule has 0 aliphatic heterocycles. The van der Waals surface area contributed by atoms with Crippen LogP contribution in [-0.2, 0) is 4.74 Å². The summed E-state index contributed by atoms with van der Waals surface area (Å²) >= 11 is 1.37. The molecule has 0 amide bonds. The van der Waals surface area contributed by atoms with Gasteiger partial charge in [-0.3, -0.25) is 0 Å². The van der Waals surface area contributed by atoms with Crippen molar-refractivity contribution in [2.24, 2.45) is 0 Å². The minimum atomic E-state index is -0.521. The number of methoxy groups -OCH3 is 1. The predicted molar refractivity (Wildman–Crippen MR) is 81.2 cm³/mol. The quantitative estimate of drug-likeness (QED) is 0.853. The van der Waals surface area contributed by atoms with Crippen molar-refractivity contribution in [3.05, 3.63) is 48.0 Å². The zero-order valence-electron chi connectivity index (χ0n) is 11.8. The summed E-state index contributed by atoms with van der Waals surface area (Å²) in [6, 6.07) is 12.5. The van der Waals surface area contributed by atoms with Crippen LogP contribution in [0.25, 0.3) is 0 Å². The van der Waals surface area contributed by atoms with E-state index in [1.54, 1.807) is 32.2 Å². The molecule has 110 valence electrons. The Morgan fingerprint density at radius 1 is 1.19 bits per heavy atom. The van der Waals surface area contributed by atoms with Gasteiger partial charge in [0.2, 0.25) is 0 Å². The van der Waals surface area contributed by atoms with E-state index >= 15 is 0 Å². The average Bonchev–Trinajstić information content (AvgIpc) is 2.50. The molecule has 4 nitrogen and oxygen atoms in total. The molecule has 0 fully saturated rings. The van der Waals surface area contributed by atoms with Crippen LogP contribution in [-0.4, -0.2) is 24.8 Å². The van der Waals surface area contributed by atoms with Gasteiger partial charge in [0.05, 0.1) is 18.6 Å². The van der Waals surface area contributed by atoms with E-state index in [0.717, 1.165) is 10.6 Å². The van der Waals surface area contributed by atoms with Crippen LogP contribution in [0.5, 0.6) is 11.5 Å². The van der Waals surface area contributed by atoms with Gasteiger partial charge in [0, 0.05) is 4.90 Å². The monoisotopic (exact) mass is 304 g/mol. The van der Waals surface area contributed by atoms with E-state index in [4.69, 9.17) is 9.47 Å². The maximum absolute atomic E-state index is 11.7. The van der Waals surface area contributed by atoms with Crippen molar-refractivity contribution in [2.45, 2.75) is 16.7 Å². The number of aromatic hydroxyl groups is 1. The third kappa shape index (κ3) is 3.70. The first kappa shape index (κ1) is 15.3. The molecule has 0 spiro atoms. The molecule has 2 aromatic carbocycles. The maximum Gasteiger partial charge on any atom is 0.341 e. The van der Waals surface area contributed by atoms with E-state index in [-0.39, 0.29) is 17.9 Å². The number of carbonyl (C=O) groups excluding carboxylic acids is 1. The number of esters is 1. The second kappa shape index (κ2) is 7.04. The van der Waals surface area contributed by atoms with Crippen molar-refractivity contribution in [2.75, 3.05) is 13.7 Å². The van der Waals surface area contributed by atoms with Crippen molar-refractivity contribution in [1.82, 2.24) is 0 Å². The second-order valence-corrected chi connectivity index (χ2v) is 5.27. The zero-order valence-corrected chi connectivity index (χ0v) is 12.6. The molecular formula is C16H16O4S. The van der Waals surface area contributed by atoms with Gasteiger partial charge in [0.25, 0.3) is 0 Å². The molecule has 2 rings (SSSR count). The van der Waals surface area contributed by atoms with E-state index < -0.39 is 5.97 Å². The molecule has 0 radical (unpaired) electrons. The third-order valence-electron chi connectivity index (χ3n) is 2.78. The Morgan fingerprint density at radius 2 is 1.90 bits per heavy atom. The largest absolute Gasteiger partial charge is 0.506 e. The van der Waals surface area contributed by atoms with Gasteiger partial charge in [-0.05, 0) is 43.3 Å². The van der Waals surface area contributed by atoms with E-state index in [1.807, 2.05) is 24.3 Å². The molecule has 0 aromatic heterocycles. The van der Waals surface area contributed by atoms with E-state index in [1.165, 1.54) is 11.8 Å². The Bertz CT molecular complexity index is 623. The van der Waals surface area contributed by atoms with Crippen LogP contribution in [0.1, 0.15) is 17.3 Å². The number of phenols is 1. The standard InChI is InChI=1S/C16H16O4S/c1-3-20-16(18)13-5-4-6-14(15(13)17)21-12-9-7-11(19-2)8-10-12/h4-10,17H,3H2,1-2H3. The summed E-state index contributed by atoms with van der Waals surface area (Å²) in [6.07, 6.45) is 0. The molecule has 0 heterocycles. The number of hydrogen-bond acceptors (Lipinski definition) is 5. The lowest BCUT2D eigenvalue weighted by Crippen LogP contribution is -2.05. The minimum Gasteiger partial charge on any atom is -0.506 e. The number of hydrogen-bond donors (Lipinski definition) is 1. The SMILES string of the molecule is CCOC(=O)c1cccc(Sc2ccc(OC)cc2)c1O. The van der Waals surface area contributed by atoms with Gasteiger partial charge in [-0.15, -0.1) is 0 Å². The summed E-state index contributed by atoms with van der Waals surface area (Å²) in [6.45, 7) is 2.00. The highest BCUT2D eigenvalue weighted by Gasteiger charge is 2.15. The zero-order chi connectivity index (χ0) is 15.2. The number of rotatable bonds is 5. The lowest BCUT2D eigenvalue weighted by atomic mass is 10.2. The molecule has 0 saturated carbocycles. The van der Waals surface area contributed by atoms with E-state index in [2.05, 4.69) is 0 Å². The first-order valence-electron chi connectivity index (χ1n) is 6.46. The lowest BCUT2D eigenvalue weighted by molar-refractivity contribution is 0.0522. The Balaban J connectivity index is 2.23. The summed E-state index contributed by atoms with van der Waals surface area (Å²) in [5.74, 6) is 0.188. The molecule has 0 bridgehead atoms.